The Hall–Kier alpha value is -3.63. The number of hydrogen-bond acceptors (Lipinski definition) is 6. The molecule has 0 radical (unpaired) electrons. The smallest absolute Gasteiger partial charge is 0.294 e. The van der Waals surface area contributed by atoms with E-state index in [9.17, 15) is 28.2 Å². The first kappa shape index (κ1) is 21.1. The molecule has 10 heteroatoms. The van der Waals surface area contributed by atoms with Gasteiger partial charge in [0.25, 0.3) is 21.2 Å². The summed E-state index contributed by atoms with van der Waals surface area (Å²) in [4.78, 5) is 27.4. The van der Waals surface area contributed by atoms with E-state index in [1.54, 1.807) is 19.1 Å². The van der Waals surface area contributed by atoms with E-state index >= 15 is 0 Å². The molecule has 0 saturated carbocycles. The van der Waals surface area contributed by atoms with E-state index in [2.05, 4.69) is 9.97 Å². The van der Waals surface area contributed by atoms with Crippen molar-refractivity contribution >= 4 is 31.9 Å². The van der Waals surface area contributed by atoms with Crippen LogP contribution in [0.1, 0.15) is 11.1 Å². The number of H-pyrrole nitrogens is 2. The number of nitrogens with one attached hydrogen (secondary N) is 2. The van der Waals surface area contributed by atoms with Gasteiger partial charge in [-0.15, -0.1) is 0 Å². The minimum absolute atomic E-state index is 0.0688. The van der Waals surface area contributed by atoms with Crippen LogP contribution in [0.3, 0.4) is 0 Å². The van der Waals surface area contributed by atoms with Crippen molar-refractivity contribution in [2.75, 3.05) is 0 Å². The maximum absolute atomic E-state index is 11.4. The Balaban J connectivity index is 0.000000177. The highest BCUT2D eigenvalue weighted by atomic mass is 32.2. The van der Waals surface area contributed by atoms with E-state index in [1.807, 2.05) is 12.1 Å². The van der Waals surface area contributed by atoms with Gasteiger partial charge in [0, 0.05) is 10.8 Å². The summed E-state index contributed by atoms with van der Waals surface area (Å²) in [7, 11) is -4.34. The fraction of sp³-hybridized carbons (Fsp3) is 0.100. The molecule has 0 fully saturated rings. The quantitative estimate of drug-likeness (QED) is 0.290. The molecule has 0 aliphatic rings. The molecule has 9 nitrogen and oxygen atoms in total. The second-order valence-electron chi connectivity index (χ2n) is 6.58. The Morgan fingerprint density at radius 1 is 0.767 bits per heavy atom. The van der Waals surface area contributed by atoms with E-state index in [4.69, 9.17) is 4.55 Å². The Morgan fingerprint density at radius 3 is 1.83 bits per heavy atom. The molecule has 4 aromatic rings. The van der Waals surface area contributed by atoms with Crippen LogP contribution in [0.25, 0.3) is 21.8 Å². The summed E-state index contributed by atoms with van der Waals surface area (Å²) in [6, 6.07) is 10.7. The molecule has 0 saturated heterocycles. The third-order valence-electron chi connectivity index (χ3n) is 4.61. The first-order valence-electron chi connectivity index (χ1n) is 8.64. The summed E-state index contributed by atoms with van der Waals surface area (Å²) in [5.74, 6) is -0.228. The summed E-state index contributed by atoms with van der Waals surface area (Å²) >= 11 is 0. The lowest BCUT2D eigenvalue weighted by Gasteiger charge is -2.05. The molecule has 30 heavy (non-hydrogen) atoms. The molecule has 0 atom stereocenters. The number of aromatic nitrogens is 2. The molecule has 0 aliphatic heterocycles. The molecule has 0 unspecified atom stereocenters. The van der Waals surface area contributed by atoms with Crippen molar-refractivity contribution in [3.8, 4) is 11.5 Å². The number of aromatic hydroxyl groups is 2. The van der Waals surface area contributed by atoms with Gasteiger partial charge in [0.2, 0.25) is 0 Å². The maximum Gasteiger partial charge on any atom is 0.294 e. The lowest BCUT2D eigenvalue weighted by Crippen LogP contribution is -2.09. The van der Waals surface area contributed by atoms with Crippen LogP contribution in [0.2, 0.25) is 0 Å². The van der Waals surface area contributed by atoms with E-state index in [1.165, 1.54) is 13.0 Å². The molecule has 0 amide bonds. The van der Waals surface area contributed by atoms with Crippen LogP contribution in [-0.2, 0) is 10.1 Å². The average Bonchev–Trinajstić information content (AvgIpc) is 2.70. The van der Waals surface area contributed by atoms with Gasteiger partial charge in [0.15, 0.2) is 0 Å². The molecule has 156 valence electrons. The van der Waals surface area contributed by atoms with E-state index < -0.39 is 15.7 Å². The van der Waals surface area contributed by atoms with Crippen LogP contribution in [0.4, 0.5) is 0 Å². The Labute approximate surface area is 170 Å². The van der Waals surface area contributed by atoms with Crippen molar-refractivity contribution < 1.29 is 23.2 Å². The fourth-order valence-electron chi connectivity index (χ4n) is 2.84. The van der Waals surface area contributed by atoms with Gasteiger partial charge in [-0.1, -0.05) is 12.1 Å². The molecule has 5 N–H and O–H groups in total. The first-order valence-corrected chi connectivity index (χ1v) is 10.1. The summed E-state index contributed by atoms with van der Waals surface area (Å²) in [6.45, 7) is 3.01. The van der Waals surface area contributed by atoms with Crippen LogP contribution in [-0.4, -0.2) is 33.2 Å². The molecular formula is C20H18N2O7S. The summed E-state index contributed by atoms with van der Waals surface area (Å²) in [6.07, 6.45) is 0. The van der Waals surface area contributed by atoms with Crippen LogP contribution in [0.5, 0.6) is 11.5 Å². The van der Waals surface area contributed by atoms with Gasteiger partial charge in [-0.3, -0.25) is 14.1 Å². The lowest BCUT2D eigenvalue weighted by molar-refractivity contribution is 0.475. The third-order valence-corrected chi connectivity index (χ3v) is 5.46. The van der Waals surface area contributed by atoms with Gasteiger partial charge in [-0.25, -0.2) is 0 Å². The summed E-state index contributed by atoms with van der Waals surface area (Å²) in [5, 5.41) is 20.2. The normalized spacial score (nSPS) is 11.3. The maximum atomic E-state index is 11.4. The van der Waals surface area contributed by atoms with Crippen molar-refractivity contribution in [3.05, 3.63) is 74.3 Å². The van der Waals surface area contributed by atoms with E-state index in [-0.39, 0.29) is 32.9 Å². The van der Waals surface area contributed by atoms with Crippen molar-refractivity contribution in [2.24, 2.45) is 0 Å². The Bertz CT molecular complexity index is 1500. The molecule has 2 aromatic heterocycles. The van der Waals surface area contributed by atoms with Crippen molar-refractivity contribution in [1.29, 1.82) is 0 Å². The summed E-state index contributed by atoms with van der Waals surface area (Å²) in [5.41, 5.74) is 0.718. The minimum Gasteiger partial charge on any atom is -0.507 e. The highest BCUT2D eigenvalue weighted by molar-refractivity contribution is 7.85. The number of benzene rings is 2. The van der Waals surface area contributed by atoms with E-state index in [0.717, 1.165) is 12.1 Å². The molecule has 4 rings (SSSR count). The van der Waals surface area contributed by atoms with Crippen LogP contribution >= 0.6 is 0 Å². The standard InChI is InChI=1S/C10H9NO5S.C10H9NO2/c1-5-9(12)7-4-6(17(14,15)16)2-3-8(7)11-10(5)13;1-6-9(12)7-4-2-3-5-8(7)11-10(6)13/h2-4H,1H3,(H2,11,12,13)(H,14,15,16);2-5H,1H3,(H2,11,12,13). The Morgan fingerprint density at radius 2 is 1.27 bits per heavy atom. The predicted octanol–water partition coefficient (Wildman–Crippen LogP) is 2.33. The molecule has 2 heterocycles. The fourth-order valence-corrected chi connectivity index (χ4v) is 3.35. The molecule has 2 aromatic carbocycles. The predicted molar refractivity (Wildman–Crippen MR) is 112 cm³/mol. The van der Waals surface area contributed by atoms with Gasteiger partial charge < -0.3 is 20.2 Å². The van der Waals surface area contributed by atoms with Gasteiger partial charge in [-0.2, -0.15) is 8.42 Å². The number of rotatable bonds is 1. The number of pyridine rings is 2. The van der Waals surface area contributed by atoms with Gasteiger partial charge in [0.05, 0.1) is 27.1 Å². The summed E-state index contributed by atoms with van der Waals surface area (Å²) < 4.78 is 30.8. The Kier molecular flexibility index (Phi) is 5.38. The first-order chi connectivity index (χ1) is 14.0. The lowest BCUT2D eigenvalue weighted by atomic mass is 10.1. The van der Waals surface area contributed by atoms with E-state index in [0.29, 0.717) is 22.0 Å². The highest BCUT2D eigenvalue weighted by Crippen LogP contribution is 2.26. The zero-order valence-electron chi connectivity index (χ0n) is 15.9. The van der Waals surface area contributed by atoms with Crippen LogP contribution < -0.4 is 11.1 Å². The largest absolute Gasteiger partial charge is 0.507 e. The van der Waals surface area contributed by atoms with Crippen LogP contribution in [0.15, 0.2) is 56.9 Å². The van der Waals surface area contributed by atoms with Crippen molar-refractivity contribution in [3.63, 3.8) is 0 Å². The molecule has 0 spiro atoms. The number of para-hydroxylation sites is 1. The van der Waals surface area contributed by atoms with Crippen molar-refractivity contribution in [1.82, 2.24) is 9.97 Å². The third kappa shape index (κ3) is 3.91. The number of hydrogen-bond donors (Lipinski definition) is 5. The average molecular weight is 430 g/mol. The topological polar surface area (TPSA) is 161 Å². The van der Waals surface area contributed by atoms with Crippen LogP contribution in [0, 0.1) is 13.8 Å². The zero-order chi connectivity index (χ0) is 22.2. The zero-order valence-corrected chi connectivity index (χ0v) is 16.7. The molecule has 0 bridgehead atoms. The van der Waals surface area contributed by atoms with Gasteiger partial charge in [-0.05, 0) is 44.2 Å². The van der Waals surface area contributed by atoms with Gasteiger partial charge in [0.1, 0.15) is 11.5 Å². The highest BCUT2D eigenvalue weighted by Gasteiger charge is 2.14. The minimum atomic E-state index is -4.34. The molecule has 0 aliphatic carbocycles. The monoisotopic (exact) mass is 430 g/mol. The number of aromatic amines is 2. The van der Waals surface area contributed by atoms with Crippen molar-refractivity contribution in [2.45, 2.75) is 18.7 Å². The SMILES string of the molecule is Cc1c(O)c2cc(S(=O)(=O)O)ccc2[nH]c1=O.Cc1c(O)c2ccccc2[nH]c1=O. The van der Waals surface area contributed by atoms with Gasteiger partial charge >= 0.3 is 0 Å². The number of fused-ring (bicyclic) bond motifs is 2. The second kappa shape index (κ2) is 7.65. The molecular weight excluding hydrogens is 412 g/mol. The second-order valence-corrected chi connectivity index (χ2v) is 8.01.